The lowest BCUT2D eigenvalue weighted by atomic mass is 10.1. The van der Waals surface area contributed by atoms with Gasteiger partial charge in [-0.15, -0.1) is 0 Å². The summed E-state index contributed by atoms with van der Waals surface area (Å²) >= 11 is 0. The van der Waals surface area contributed by atoms with Gasteiger partial charge in [-0.3, -0.25) is 4.79 Å². The van der Waals surface area contributed by atoms with Gasteiger partial charge in [0.1, 0.15) is 11.4 Å². The van der Waals surface area contributed by atoms with Crippen LogP contribution in [0.4, 0.5) is 0 Å². The lowest BCUT2D eigenvalue weighted by Crippen LogP contribution is -2.10. The molecule has 23 heavy (non-hydrogen) atoms. The molecule has 0 atom stereocenters. The van der Waals surface area contributed by atoms with Gasteiger partial charge in [0, 0.05) is 18.0 Å². The number of benzene rings is 2. The number of hydrogen-bond acceptors (Lipinski definition) is 3. The molecule has 0 aliphatic rings. The number of carbonyl (C=O) groups excluding carboxylic acids is 1. The van der Waals surface area contributed by atoms with Crippen LogP contribution in [0.3, 0.4) is 0 Å². The van der Waals surface area contributed by atoms with Gasteiger partial charge in [-0.05, 0) is 42.0 Å². The maximum atomic E-state index is 12.9. The Hall–Kier alpha value is -3.14. The summed E-state index contributed by atoms with van der Waals surface area (Å²) in [6.07, 6.45) is 5.25. The molecule has 0 radical (unpaired) electrons. The molecule has 0 aliphatic carbocycles. The largest absolute Gasteiger partial charge is 0.497 e. The minimum atomic E-state index is -0.0970. The van der Waals surface area contributed by atoms with Crippen LogP contribution in [0.2, 0.25) is 0 Å². The summed E-state index contributed by atoms with van der Waals surface area (Å²) in [4.78, 5) is 12.9. The highest BCUT2D eigenvalue weighted by Gasteiger charge is 2.15. The van der Waals surface area contributed by atoms with Crippen molar-refractivity contribution < 1.29 is 9.53 Å². The van der Waals surface area contributed by atoms with Crippen molar-refractivity contribution in [2.45, 2.75) is 0 Å². The van der Waals surface area contributed by atoms with Gasteiger partial charge in [0.2, 0.25) is 5.78 Å². The van der Waals surface area contributed by atoms with Gasteiger partial charge in [-0.2, -0.15) is 5.10 Å². The van der Waals surface area contributed by atoms with Gasteiger partial charge < -0.3 is 4.74 Å². The molecular formula is C19H16N2O2. The Labute approximate surface area is 134 Å². The van der Waals surface area contributed by atoms with Crippen molar-refractivity contribution in [2.24, 2.45) is 0 Å². The first kappa shape index (κ1) is 14.8. The molecule has 1 aromatic heterocycles. The maximum absolute atomic E-state index is 12.9. The third-order valence-corrected chi connectivity index (χ3v) is 3.44. The van der Waals surface area contributed by atoms with Gasteiger partial charge in [0.25, 0.3) is 0 Å². The van der Waals surface area contributed by atoms with E-state index in [1.165, 1.54) is 0 Å². The molecule has 1 heterocycles. The number of Topliss-reactive ketones (excluding diaryl/α,β-unsaturated/α-hetero) is 1. The molecule has 0 N–H and O–H groups in total. The summed E-state index contributed by atoms with van der Waals surface area (Å²) < 4.78 is 6.72. The molecule has 3 aromatic rings. The van der Waals surface area contributed by atoms with Crippen molar-refractivity contribution in [3.63, 3.8) is 0 Å². The number of ether oxygens (including phenoxy) is 1. The average molecular weight is 304 g/mol. The Balaban J connectivity index is 2.01. The average Bonchev–Trinajstić information content (AvgIpc) is 3.14. The smallest absolute Gasteiger partial charge is 0.211 e. The molecule has 0 saturated carbocycles. The maximum Gasteiger partial charge on any atom is 0.211 e. The van der Waals surface area contributed by atoms with Crippen molar-refractivity contribution in [1.29, 1.82) is 0 Å². The van der Waals surface area contributed by atoms with E-state index < -0.39 is 0 Å². The van der Waals surface area contributed by atoms with Crippen LogP contribution in [0.5, 0.6) is 5.75 Å². The molecule has 0 spiro atoms. The van der Waals surface area contributed by atoms with Crippen LogP contribution in [0.15, 0.2) is 73.1 Å². The van der Waals surface area contributed by atoms with E-state index in [0.29, 0.717) is 17.0 Å². The molecular weight excluding hydrogens is 288 g/mol. The summed E-state index contributed by atoms with van der Waals surface area (Å²) in [5.74, 6) is 0.620. The summed E-state index contributed by atoms with van der Waals surface area (Å²) in [7, 11) is 1.60. The van der Waals surface area contributed by atoms with Gasteiger partial charge in [-0.25, -0.2) is 4.68 Å². The SMILES string of the molecule is COc1ccc(C(=O)/C(=C/c2ccccc2)n2cccn2)cc1. The standard InChI is InChI=1S/C19H16N2O2/c1-23-17-10-8-16(9-11-17)19(22)18(21-13-5-12-20-21)14-15-6-3-2-4-7-15/h2-14H,1H3/b18-14-. The number of allylic oxidation sites excluding steroid dienone is 1. The van der Waals surface area contributed by atoms with Crippen molar-refractivity contribution in [3.8, 4) is 5.75 Å². The van der Waals surface area contributed by atoms with Crippen molar-refractivity contribution in [1.82, 2.24) is 9.78 Å². The lowest BCUT2D eigenvalue weighted by Gasteiger charge is -2.08. The quantitative estimate of drug-likeness (QED) is 0.532. The number of carbonyl (C=O) groups is 1. The minimum absolute atomic E-state index is 0.0970. The van der Waals surface area contributed by atoms with Crippen LogP contribution in [0.1, 0.15) is 15.9 Å². The second kappa shape index (κ2) is 6.75. The van der Waals surface area contributed by atoms with E-state index in [4.69, 9.17) is 4.74 Å². The summed E-state index contributed by atoms with van der Waals surface area (Å²) in [6.45, 7) is 0. The Morgan fingerprint density at radius 1 is 1.04 bits per heavy atom. The van der Waals surface area contributed by atoms with E-state index in [1.807, 2.05) is 36.4 Å². The summed E-state index contributed by atoms with van der Waals surface area (Å²) in [6, 6.07) is 18.6. The van der Waals surface area contributed by atoms with Crippen molar-refractivity contribution in [3.05, 3.63) is 84.2 Å². The van der Waals surface area contributed by atoms with E-state index in [0.717, 1.165) is 5.56 Å². The second-order valence-corrected chi connectivity index (χ2v) is 4.95. The first-order valence-electron chi connectivity index (χ1n) is 7.23. The zero-order chi connectivity index (χ0) is 16.1. The number of hydrogen-bond donors (Lipinski definition) is 0. The fraction of sp³-hybridized carbons (Fsp3) is 0.0526. The van der Waals surface area contributed by atoms with Gasteiger partial charge in [-0.1, -0.05) is 30.3 Å². The van der Waals surface area contributed by atoms with E-state index in [-0.39, 0.29) is 5.78 Å². The molecule has 4 nitrogen and oxygen atoms in total. The van der Waals surface area contributed by atoms with Crippen molar-refractivity contribution >= 4 is 17.6 Å². The van der Waals surface area contributed by atoms with Crippen LogP contribution in [0, 0.1) is 0 Å². The molecule has 4 heteroatoms. The molecule has 3 rings (SSSR count). The number of ketones is 1. The van der Waals surface area contributed by atoms with Crippen LogP contribution in [-0.2, 0) is 0 Å². The summed E-state index contributed by atoms with van der Waals surface area (Å²) in [5, 5.41) is 4.20. The van der Waals surface area contributed by atoms with E-state index in [1.54, 1.807) is 54.5 Å². The number of nitrogens with zero attached hydrogens (tertiary/aromatic N) is 2. The first-order chi connectivity index (χ1) is 11.3. The molecule has 0 saturated heterocycles. The Kier molecular flexibility index (Phi) is 4.34. The van der Waals surface area contributed by atoms with Crippen LogP contribution in [0.25, 0.3) is 11.8 Å². The monoisotopic (exact) mass is 304 g/mol. The molecule has 0 amide bonds. The Morgan fingerprint density at radius 3 is 2.39 bits per heavy atom. The van der Waals surface area contributed by atoms with E-state index in [2.05, 4.69) is 5.10 Å². The lowest BCUT2D eigenvalue weighted by molar-refractivity contribution is 0.105. The number of rotatable bonds is 5. The molecule has 0 fully saturated rings. The predicted octanol–water partition coefficient (Wildman–Crippen LogP) is 3.77. The molecule has 114 valence electrons. The normalized spacial score (nSPS) is 11.3. The minimum Gasteiger partial charge on any atom is -0.497 e. The molecule has 0 aliphatic heterocycles. The third kappa shape index (κ3) is 3.37. The van der Waals surface area contributed by atoms with Crippen LogP contribution < -0.4 is 4.74 Å². The molecule has 2 aromatic carbocycles. The molecule has 0 bridgehead atoms. The summed E-state index contributed by atoms with van der Waals surface area (Å²) in [5.41, 5.74) is 2.02. The number of aromatic nitrogens is 2. The highest BCUT2D eigenvalue weighted by Crippen LogP contribution is 2.19. The third-order valence-electron chi connectivity index (χ3n) is 3.44. The Morgan fingerprint density at radius 2 is 1.78 bits per heavy atom. The number of methoxy groups -OCH3 is 1. The zero-order valence-electron chi connectivity index (χ0n) is 12.7. The fourth-order valence-electron chi connectivity index (χ4n) is 2.24. The first-order valence-corrected chi connectivity index (χ1v) is 7.23. The predicted molar refractivity (Wildman–Crippen MR) is 90.2 cm³/mol. The van der Waals surface area contributed by atoms with Gasteiger partial charge in [0.05, 0.1) is 7.11 Å². The zero-order valence-corrected chi connectivity index (χ0v) is 12.7. The topological polar surface area (TPSA) is 44.1 Å². The van der Waals surface area contributed by atoms with Crippen LogP contribution >= 0.6 is 0 Å². The highest BCUT2D eigenvalue weighted by molar-refractivity contribution is 6.27. The van der Waals surface area contributed by atoms with Crippen LogP contribution in [-0.4, -0.2) is 22.7 Å². The van der Waals surface area contributed by atoms with Gasteiger partial charge in [0.15, 0.2) is 0 Å². The van der Waals surface area contributed by atoms with Crippen molar-refractivity contribution in [2.75, 3.05) is 7.11 Å². The molecule has 0 unspecified atom stereocenters. The van der Waals surface area contributed by atoms with E-state index >= 15 is 0 Å². The highest BCUT2D eigenvalue weighted by atomic mass is 16.5. The van der Waals surface area contributed by atoms with Gasteiger partial charge >= 0.3 is 0 Å². The van der Waals surface area contributed by atoms with E-state index in [9.17, 15) is 4.79 Å². The Bertz CT molecular complexity index is 804. The second-order valence-electron chi connectivity index (χ2n) is 4.95. The fourth-order valence-corrected chi connectivity index (χ4v) is 2.24.